The quantitative estimate of drug-likeness (QED) is 0.789. The number of halogens is 2. The Morgan fingerprint density at radius 1 is 1.33 bits per heavy atom. The SMILES string of the molecule is Fc1ccc(/C=C/C2CCCN2)c(F)c1. The summed E-state index contributed by atoms with van der Waals surface area (Å²) in [6, 6.07) is 3.96. The van der Waals surface area contributed by atoms with Crippen molar-refractivity contribution < 1.29 is 8.78 Å². The van der Waals surface area contributed by atoms with Crippen LogP contribution in [0.15, 0.2) is 24.3 Å². The van der Waals surface area contributed by atoms with Gasteiger partial charge in [-0.25, -0.2) is 8.78 Å². The van der Waals surface area contributed by atoms with E-state index in [1.54, 1.807) is 6.08 Å². The highest BCUT2D eigenvalue weighted by Crippen LogP contribution is 2.13. The first-order valence-corrected chi connectivity index (χ1v) is 5.12. The molecule has 0 spiro atoms. The average Bonchev–Trinajstić information content (AvgIpc) is 2.69. The maximum Gasteiger partial charge on any atom is 0.133 e. The molecule has 1 aromatic carbocycles. The predicted molar refractivity (Wildman–Crippen MR) is 56.4 cm³/mol. The summed E-state index contributed by atoms with van der Waals surface area (Å²) < 4.78 is 25.8. The van der Waals surface area contributed by atoms with Gasteiger partial charge in [0.15, 0.2) is 0 Å². The number of benzene rings is 1. The van der Waals surface area contributed by atoms with Crippen LogP contribution in [-0.2, 0) is 0 Å². The van der Waals surface area contributed by atoms with Crippen molar-refractivity contribution in [3.8, 4) is 0 Å². The van der Waals surface area contributed by atoms with Gasteiger partial charge in [-0.05, 0) is 31.5 Å². The Labute approximate surface area is 87.8 Å². The second-order valence-corrected chi connectivity index (χ2v) is 3.73. The van der Waals surface area contributed by atoms with Gasteiger partial charge in [0.05, 0.1) is 0 Å². The van der Waals surface area contributed by atoms with Crippen LogP contribution in [0.4, 0.5) is 8.78 Å². The largest absolute Gasteiger partial charge is 0.311 e. The second-order valence-electron chi connectivity index (χ2n) is 3.73. The average molecular weight is 209 g/mol. The van der Waals surface area contributed by atoms with Gasteiger partial charge in [-0.2, -0.15) is 0 Å². The number of rotatable bonds is 2. The molecule has 1 atom stereocenters. The predicted octanol–water partition coefficient (Wildman–Crippen LogP) is 2.73. The minimum Gasteiger partial charge on any atom is -0.311 e. The Bertz CT molecular complexity index is 368. The first kappa shape index (κ1) is 10.3. The van der Waals surface area contributed by atoms with E-state index in [-0.39, 0.29) is 0 Å². The first-order valence-electron chi connectivity index (χ1n) is 5.12. The molecule has 0 amide bonds. The van der Waals surface area contributed by atoms with Crippen molar-refractivity contribution in [2.45, 2.75) is 18.9 Å². The van der Waals surface area contributed by atoms with Gasteiger partial charge in [0.1, 0.15) is 11.6 Å². The van der Waals surface area contributed by atoms with E-state index >= 15 is 0 Å². The van der Waals surface area contributed by atoms with Crippen molar-refractivity contribution in [3.63, 3.8) is 0 Å². The highest BCUT2D eigenvalue weighted by atomic mass is 19.1. The van der Waals surface area contributed by atoms with E-state index in [1.807, 2.05) is 6.08 Å². The van der Waals surface area contributed by atoms with E-state index in [0.29, 0.717) is 11.6 Å². The van der Waals surface area contributed by atoms with Crippen LogP contribution in [0.5, 0.6) is 0 Å². The fraction of sp³-hybridized carbons (Fsp3) is 0.333. The van der Waals surface area contributed by atoms with Crippen molar-refractivity contribution in [2.75, 3.05) is 6.54 Å². The molecule has 1 heterocycles. The van der Waals surface area contributed by atoms with Gasteiger partial charge < -0.3 is 5.32 Å². The molecule has 0 radical (unpaired) electrons. The van der Waals surface area contributed by atoms with Crippen LogP contribution < -0.4 is 5.32 Å². The van der Waals surface area contributed by atoms with Crippen molar-refractivity contribution >= 4 is 6.08 Å². The number of hydrogen-bond acceptors (Lipinski definition) is 1. The smallest absolute Gasteiger partial charge is 0.133 e. The Balaban J connectivity index is 2.09. The lowest BCUT2D eigenvalue weighted by Crippen LogP contribution is -2.17. The molecule has 1 N–H and O–H groups in total. The molecular weight excluding hydrogens is 196 g/mol. The minimum absolute atomic E-state index is 0.328. The molecule has 1 saturated heterocycles. The summed E-state index contributed by atoms with van der Waals surface area (Å²) in [4.78, 5) is 0. The summed E-state index contributed by atoms with van der Waals surface area (Å²) in [5.74, 6) is -1.05. The lowest BCUT2D eigenvalue weighted by molar-refractivity contribution is 0.581. The van der Waals surface area contributed by atoms with Crippen LogP contribution in [0, 0.1) is 11.6 Å². The Hall–Kier alpha value is -1.22. The van der Waals surface area contributed by atoms with Gasteiger partial charge >= 0.3 is 0 Å². The zero-order valence-corrected chi connectivity index (χ0v) is 8.34. The molecule has 1 unspecified atom stereocenters. The molecule has 1 aliphatic heterocycles. The van der Waals surface area contributed by atoms with E-state index in [4.69, 9.17) is 0 Å². The summed E-state index contributed by atoms with van der Waals surface area (Å²) in [5, 5.41) is 3.27. The maximum absolute atomic E-state index is 13.2. The van der Waals surface area contributed by atoms with Gasteiger partial charge in [0, 0.05) is 17.7 Å². The van der Waals surface area contributed by atoms with E-state index in [9.17, 15) is 8.78 Å². The molecule has 15 heavy (non-hydrogen) atoms. The minimum atomic E-state index is -0.538. The monoisotopic (exact) mass is 209 g/mol. The first-order chi connectivity index (χ1) is 7.25. The standard InChI is InChI=1S/C12H13F2N/c13-10-5-3-9(12(14)8-10)4-6-11-2-1-7-15-11/h3-6,8,11,15H,1-2,7H2/b6-4+. The summed E-state index contributed by atoms with van der Waals surface area (Å²) >= 11 is 0. The van der Waals surface area contributed by atoms with Crippen molar-refractivity contribution in [2.24, 2.45) is 0 Å². The van der Waals surface area contributed by atoms with E-state index in [1.165, 1.54) is 12.1 Å². The Morgan fingerprint density at radius 2 is 2.20 bits per heavy atom. The van der Waals surface area contributed by atoms with Crippen molar-refractivity contribution in [1.82, 2.24) is 5.32 Å². The van der Waals surface area contributed by atoms with Crippen molar-refractivity contribution in [1.29, 1.82) is 0 Å². The van der Waals surface area contributed by atoms with Gasteiger partial charge in [0.25, 0.3) is 0 Å². The topological polar surface area (TPSA) is 12.0 Å². The molecule has 1 nitrogen and oxygen atoms in total. The molecule has 0 bridgehead atoms. The molecule has 1 aromatic rings. The third-order valence-corrected chi connectivity index (χ3v) is 2.57. The highest BCUT2D eigenvalue weighted by molar-refractivity contribution is 5.50. The molecule has 3 heteroatoms. The van der Waals surface area contributed by atoms with E-state index < -0.39 is 11.6 Å². The van der Waals surface area contributed by atoms with Gasteiger partial charge in [0.2, 0.25) is 0 Å². The third-order valence-electron chi connectivity index (χ3n) is 2.57. The Kier molecular flexibility index (Phi) is 3.11. The van der Waals surface area contributed by atoms with Crippen LogP contribution in [0.1, 0.15) is 18.4 Å². The van der Waals surface area contributed by atoms with E-state index in [2.05, 4.69) is 5.32 Å². The molecule has 1 aliphatic rings. The normalized spacial score (nSPS) is 21.3. The summed E-state index contributed by atoms with van der Waals surface area (Å²) in [6.45, 7) is 1.01. The molecule has 0 saturated carbocycles. The molecule has 0 aromatic heterocycles. The number of hydrogen-bond donors (Lipinski definition) is 1. The third kappa shape index (κ3) is 2.63. The van der Waals surface area contributed by atoms with Crippen LogP contribution >= 0.6 is 0 Å². The van der Waals surface area contributed by atoms with Crippen LogP contribution in [0.3, 0.4) is 0 Å². The fourth-order valence-corrected chi connectivity index (χ4v) is 1.73. The summed E-state index contributed by atoms with van der Waals surface area (Å²) in [5.41, 5.74) is 0.435. The molecule has 2 rings (SSSR count). The molecule has 80 valence electrons. The molecular formula is C12H13F2N. The van der Waals surface area contributed by atoms with Crippen LogP contribution in [-0.4, -0.2) is 12.6 Å². The Morgan fingerprint density at radius 3 is 2.87 bits per heavy atom. The van der Waals surface area contributed by atoms with Gasteiger partial charge in [-0.15, -0.1) is 0 Å². The molecule has 1 fully saturated rings. The van der Waals surface area contributed by atoms with Crippen molar-refractivity contribution in [3.05, 3.63) is 41.5 Å². The summed E-state index contributed by atoms with van der Waals surface area (Å²) in [7, 11) is 0. The zero-order chi connectivity index (χ0) is 10.7. The van der Waals surface area contributed by atoms with Crippen LogP contribution in [0.2, 0.25) is 0 Å². The zero-order valence-electron chi connectivity index (χ0n) is 8.34. The second kappa shape index (κ2) is 4.53. The lowest BCUT2D eigenvalue weighted by Gasteiger charge is -2.02. The van der Waals surface area contributed by atoms with Gasteiger partial charge in [-0.3, -0.25) is 0 Å². The summed E-state index contributed by atoms with van der Waals surface area (Å²) in [6.07, 6.45) is 5.88. The maximum atomic E-state index is 13.2. The van der Waals surface area contributed by atoms with E-state index in [0.717, 1.165) is 25.5 Å². The van der Waals surface area contributed by atoms with Crippen LogP contribution in [0.25, 0.3) is 6.08 Å². The number of nitrogens with one attached hydrogen (secondary N) is 1. The lowest BCUT2D eigenvalue weighted by atomic mass is 10.1. The highest BCUT2D eigenvalue weighted by Gasteiger charge is 2.10. The van der Waals surface area contributed by atoms with Gasteiger partial charge in [-0.1, -0.05) is 12.2 Å². The fourth-order valence-electron chi connectivity index (χ4n) is 1.73. The molecule has 0 aliphatic carbocycles.